The van der Waals surface area contributed by atoms with Gasteiger partial charge in [0.2, 0.25) is 6.10 Å². The Hall–Kier alpha value is -2.89. The highest BCUT2D eigenvalue weighted by molar-refractivity contribution is 5.86. The fourth-order valence-corrected chi connectivity index (χ4v) is 2.38. The molecule has 0 bridgehead atoms. The van der Waals surface area contributed by atoms with Crippen LogP contribution in [-0.2, 0) is 14.3 Å². The summed E-state index contributed by atoms with van der Waals surface area (Å²) in [6, 6.07) is 14.3. The molecular weight excluding hydrogens is 337 g/mol. The van der Waals surface area contributed by atoms with Crippen LogP contribution < -0.4 is 10.1 Å². The quantitative estimate of drug-likeness (QED) is 0.773. The van der Waals surface area contributed by atoms with Gasteiger partial charge in [-0.25, -0.2) is 9.18 Å². The maximum absolute atomic E-state index is 12.9. The van der Waals surface area contributed by atoms with Crippen LogP contribution in [0.1, 0.15) is 31.4 Å². The lowest BCUT2D eigenvalue weighted by molar-refractivity contribution is -0.162. The Labute approximate surface area is 151 Å². The first-order chi connectivity index (χ1) is 12.5. The predicted octanol–water partition coefficient (Wildman–Crippen LogP) is 3.16. The summed E-state index contributed by atoms with van der Waals surface area (Å²) in [4.78, 5) is 24.9. The highest BCUT2D eigenvalue weighted by Crippen LogP contribution is 2.24. The van der Waals surface area contributed by atoms with Crippen LogP contribution in [0.3, 0.4) is 0 Å². The molecular formula is C20H20FNO4. The smallest absolute Gasteiger partial charge is 0.348 e. The Morgan fingerprint density at radius 2 is 1.73 bits per heavy atom. The summed E-state index contributed by atoms with van der Waals surface area (Å²) in [5.74, 6) is -1.07. The lowest BCUT2D eigenvalue weighted by Gasteiger charge is -2.20. The molecule has 2 aromatic carbocycles. The van der Waals surface area contributed by atoms with E-state index < -0.39 is 24.0 Å². The second-order valence-electron chi connectivity index (χ2n) is 6.22. The SMILES string of the molecule is C[C@H](Oc1ccc(F)cc1)C(=O)O[C@@H](C(=O)NC1CC1)c1ccccc1. The maximum Gasteiger partial charge on any atom is 0.348 e. The first kappa shape index (κ1) is 17.9. The van der Waals surface area contributed by atoms with E-state index in [0.717, 1.165) is 12.8 Å². The number of halogens is 1. The summed E-state index contributed by atoms with van der Waals surface area (Å²) in [5.41, 5.74) is 0.591. The Kier molecular flexibility index (Phi) is 5.51. The zero-order valence-electron chi connectivity index (χ0n) is 14.4. The fourth-order valence-electron chi connectivity index (χ4n) is 2.38. The molecule has 2 aromatic rings. The lowest BCUT2D eigenvalue weighted by Crippen LogP contribution is -2.36. The molecule has 136 valence electrons. The summed E-state index contributed by atoms with van der Waals surface area (Å²) in [6.07, 6.45) is -0.111. The monoisotopic (exact) mass is 357 g/mol. The number of benzene rings is 2. The number of esters is 1. The van der Waals surface area contributed by atoms with Crippen LogP contribution in [0, 0.1) is 5.82 Å². The average molecular weight is 357 g/mol. The van der Waals surface area contributed by atoms with Gasteiger partial charge < -0.3 is 14.8 Å². The van der Waals surface area contributed by atoms with Crippen molar-refractivity contribution in [3.8, 4) is 5.75 Å². The van der Waals surface area contributed by atoms with E-state index in [0.29, 0.717) is 11.3 Å². The summed E-state index contributed by atoms with van der Waals surface area (Å²) >= 11 is 0. The molecule has 1 amide bonds. The average Bonchev–Trinajstić information content (AvgIpc) is 3.46. The van der Waals surface area contributed by atoms with Crippen LogP contribution in [0.2, 0.25) is 0 Å². The summed E-state index contributed by atoms with van der Waals surface area (Å²) in [6.45, 7) is 1.52. The van der Waals surface area contributed by atoms with Gasteiger partial charge in [-0.2, -0.15) is 0 Å². The zero-order valence-corrected chi connectivity index (χ0v) is 14.4. The molecule has 1 aliphatic carbocycles. The molecule has 0 heterocycles. The highest BCUT2D eigenvalue weighted by Gasteiger charge is 2.32. The Morgan fingerprint density at radius 3 is 2.35 bits per heavy atom. The first-order valence-electron chi connectivity index (χ1n) is 8.51. The van der Waals surface area contributed by atoms with Crippen molar-refractivity contribution >= 4 is 11.9 Å². The van der Waals surface area contributed by atoms with Crippen molar-refractivity contribution in [3.63, 3.8) is 0 Å². The van der Waals surface area contributed by atoms with E-state index in [-0.39, 0.29) is 11.9 Å². The van der Waals surface area contributed by atoms with Crippen molar-refractivity contribution in [3.05, 3.63) is 66.0 Å². The molecule has 0 radical (unpaired) electrons. The van der Waals surface area contributed by atoms with Gasteiger partial charge in [-0.05, 0) is 44.0 Å². The van der Waals surface area contributed by atoms with Gasteiger partial charge >= 0.3 is 5.97 Å². The number of carbonyl (C=O) groups is 2. The van der Waals surface area contributed by atoms with Gasteiger partial charge in [-0.3, -0.25) is 4.79 Å². The molecule has 3 rings (SSSR count). The van der Waals surface area contributed by atoms with Crippen LogP contribution in [0.25, 0.3) is 0 Å². The Balaban J connectivity index is 1.67. The molecule has 0 aliphatic heterocycles. The predicted molar refractivity (Wildman–Crippen MR) is 92.9 cm³/mol. The van der Waals surface area contributed by atoms with E-state index in [1.54, 1.807) is 24.3 Å². The van der Waals surface area contributed by atoms with Gasteiger partial charge in [-0.1, -0.05) is 30.3 Å². The Bertz CT molecular complexity index is 759. The number of ether oxygens (including phenoxy) is 2. The third-order valence-electron chi connectivity index (χ3n) is 3.96. The van der Waals surface area contributed by atoms with Gasteiger partial charge in [0, 0.05) is 11.6 Å². The van der Waals surface area contributed by atoms with Crippen molar-refractivity contribution in [1.82, 2.24) is 5.32 Å². The number of hydrogen-bond acceptors (Lipinski definition) is 4. The van der Waals surface area contributed by atoms with Crippen LogP contribution in [0.5, 0.6) is 5.75 Å². The third-order valence-corrected chi connectivity index (χ3v) is 3.96. The highest BCUT2D eigenvalue weighted by atomic mass is 19.1. The van der Waals surface area contributed by atoms with E-state index in [1.807, 2.05) is 6.07 Å². The normalized spacial score (nSPS) is 15.6. The van der Waals surface area contributed by atoms with E-state index in [2.05, 4.69) is 5.32 Å². The van der Waals surface area contributed by atoms with E-state index >= 15 is 0 Å². The number of rotatable bonds is 7. The minimum Gasteiger partial charge on any atom is -0.479 e. The van der Waals surface area contributed by atoms with Gasteiger partial charge in [0.05, 0.1) is 0 Å². The molecule has 1 fully saturated rings. The van der Waals surface area contributed by atoms with E-state index in [9.17, 15) is 14.0 Å². The molecule has 1 N–H and O–H groups in total. The molecule has 2 atom stereocenters. The summed E-state index contributed by atoms with van der Waals surface area (Å²) in [7, 11) is 0. The third kappa shape index (κ3) is 4.81. The number of nitrogens with one attached hydrogen (secondary N) is 1. The molecule has 26 heavy (non-hydrogen) atoms. The van der Waals surface area contributed by atoms with Crippen molar-refractivity contribution in [1.29, 1.82) is 0 Å². The Morgan fingerprint density at radius 1 is 1.08 bits per heavy atom. The topological polar surface area (TPSA) is 64.6 Å². The molecule has 1 saturated carbocycles. The van der Waals surface area contributed by atoms with Crippen molar-refractivity contribution < 1.29 is 23.5 Å². The van der Waals surface area contributed by atoms with Gasteiger partial charge in [0.1, 0.15) is 11.6 Å². The van der Waals surface area contributed by atoms with E-state index in [4.69, 9.17) is 9.47 Å². The van der Waals surface area contributed by atoms with Crippen molar-refractivity contribution in [2.75, 3.05) is 0 Å². The molecule has 5 nitrogen and oxygen atoms in total. The molecule has 6 heteroatoms. The molecule has 0 aromatic heterocycles. The minimum atomic E-state index is -1.04. The van der Waals surface area contributed by atoms with Crippen LogP contribution in [-0.4, -0.2) is 24.0 Å². The van der Waals surface area contributed by atoms with Crippen LogP contribution in [0.4, 0.5) is 4.39 Å². The molecule has 0 spiro atoms. The van der Waals surface area contributed by atoms with Crippen molar-refractivity contribution in [2.45, 2.75) is 38.0 Å². The number of hydrogen-bond donors (Lipinski definition) is 1. The summed E-state index contributed by atoms with van der Waals surface area (Å²) < 4.78 is 23.9. The lowest BCUT2D eigenvalue weighted by atomic mass is 10.1. The molecule has 1 aliphatic rings. The second kappa shape index (κ2) is 7.99. The molecule has 0 unspecified atom stereocenters. The maximum atomic E-state index is 12.9. The molecule has 0 saturated heterocycles. The minimum absolute atomic E-state index is 0.153. The van der Waals surface area contributed by atoms with Crippen molar-refractivity contribution in [2.24, 2.45) is 0 Å². The largest absolute Gasteiger partial charge is 0.479 e. The van der Waals surface area contributed by atoms with Gasteiger partial charge in [0.25, 0.3) is 5.91 Å². The summed E-state index contributed by atoms with van der Waals surface area (Å²) in [5, 5.41) is 2.85. The fraction of sp³-hybridized carbons (Fsp3) is 0.300. The van der Waals surface area contributed by atoms with Crippen LogP contribution in [0.15, 0.2) is 54.6 Å². The second-order valence-corrected chi connectivity index (χ2v) is 6.22. The first-order valence-corrected chi connectivity index (χ1v) is 8.51. The zero-order chi connectivity index (χ0) is 18.5. The standard InChI is InChI=1S/C20H20FNO4/c1-13(25-17-11-7-15(21)8-12-17)20(24)26-18(14-5-3-2-4-6-14)19(23)22-16-9-10-16/h2-8,11-13,16,18H,9-10H2,1H3,(H,22,23)/t13-,18+/m0/s1. The van der Waals surface area contributed by atoms with Gasteiger partial charge in [0.15, 0.2) is 6.10 Å². The van der Waals surface area contributed by atoms with Crippen LogP contribution >= 0.6 is 0 Å². The number of carbonyl (C=O) groups excluding carboxylic acids is 2. The van der Waals surface area contributed by atoms with E-state index in [1.165, 1.54) is 31.2 Å². The number of amides is 1. The van der Waals surface area contributed by atoms with Gasteiger partial charge in [-0.15, -0.1) is 0 Å².